The molecule has 1 saturated heterocycles. The van der Waals surface area contributed by atoms with Gasteiger partial charge in [-0.25, -0.2) is 16.8 Å². The summed E-state index contributed by atoms with van der Waals surface area (Å²) in [5, 5.41) is -0.703. The van der Waals surface area contributed by atoms with Gasteiger partial charge in [0.05, 0.1) is 15.3 Å². The molecule has 1 fully saturated rings. The smallest absolute Gasteiger partial charge is 0.252 e. The second-order valence-corrected chi connectivity index (χ2v) is 12.1. The van der Waals surface area contributed by atoms with Crippen LogP contribution in [0.2, 0.25) is 0 Å². The van der Waals surface area contributed by atoms with Crippen molar-refractivity contribution in [2.24, 2.45) is 0 Å². The van der Waals surface area contributed by atoms with Crippen LogP contribution in [0.3, 0.4) is 0 Å². The molecule has 0 N–H and O–H groups in total. The van der Waals surface area contributed by atoms with E-state index in [0.29, 0.717) is 12.2 Å². The summed E-state index contributed by atoms with van der Waals surface area (Å²) in [6.07, 6.45) is 1.72. The standard InChI is InChI=1S/C13H14BrNO5S3/c14-12-3-4-13(21-12)23(18,19)15-6-5-11(8-15)22(16,17)9-10-2-1-7-20-10/h1-4,7,11H,5-6,8-9H2. The highest BCUT2D eigenvalue weighted by atomic mass is 79.9. The Morgan fingerprint density at radius 1 is 1.26 bits per heavy atom. The van der Waals surface area contributed by atoms with Gasteiger partial charge in [-0.3, -0.25) is 0 Å². The van der Waals surface area contributed by atoms with E-state index in [9.17, 15) is 16.8 Å². The van der Waals surface area contributed by atoms with Crippen molar-refractivity contribution in [2.75, 3.05) is 13.1 Å². The summed E-state index contributed by atoms with van der Waals surface area (Å²) in [5.74, 6) is 0.164. The zero-order valence-corrected chi connectivity index (χ0v) is 15.9. The van der Waals surface area contributed by atoms with Gasteiger partial charge in [0.15, 0.2) is 9.84 Å². The van der Waals surface area contributed by atoms with Gasteiger partial charge < -0.3 is 4.42 Å². The molecule has 126 valence electrons. The quantitative estimate of drug-likeness (QED) is 0.713. The second kappa shape index (κ2) is 6.32. The first-order valence-corrected chi connectivity index (χ1v) is 11.5. The van der Waals surface area contributed by atoms with Gasteiger partial charge in [-0.05, 0) is 46.6 Å². The van der Waals surface area contributed by atoms with Crippen LogP contribution in [-0.2, 0) is 25.6 Å². The predicted molar refractivity (Wildman–Crippen MR) is 90.5 cm³/mol. The number of rotatable bonds is 5. The molecule has 1 aliphatic rings. The molecule has 3 rings (SSSR count). The molecule has 1 aliphatic heterocycles. The fourth-order valence-corrected chi connectivity index (χ4v) is 7.91. The molecule has 0 aliphatic carbocycles. The zero-order chi connectivity index (χ0) is 16.7. The maximum Gasteiger partial charge on any atom is 0.252 e. The lowest BCUT2D eigenvalue weighted by Crippen LogP contribution is -2.32. The summed E-state index contributed by atoms with van der Waals surface area (Å²) in [5.41, 5.74) is 0. The van der Waals surface area contributed by atoms with Crippen molar-refractivity contribution >= 4 is 47.1 Å². The Hall–Kier alpha value is -0.680. The monoisotopic (exact) mass is 439 g/mol. The van der Waals surface area contributed by atoms with Gasteiger partial charge >= 0.3 is 0 Å². The summed E-state index contributed by atoms with van der Waals surface area (Å²) in [4.78, 5) is 0. The van der Waals surface area contributed by atoms with Gasteiger partial charge in [0, 0.05) is 13.1 Å². The molecular weight excluding hydrogens is 426 g/mol. The number of thiophene rings is 1. The number of hydrogen-bond donors (Lipinski definition) is 0. The first kappa shape index (κ1) is 17.2. The highest BCUT2D eigenvalue weighted by Gasteiger charge is 2.39. The van der Waals surface area contributed by atoms with E-state index >= 15 is 0 Å². The summed E-state index contributed by atoms with van der Waals surface area (Å²) < 4.78 is 57.2. The van der Waals surface area contributed by atoms with E-state index in [1.807, 2.05) is 0 Å². The fourth-order valence-electron chi connectivity index (χ4n) is 2.48. The van der Waals surface area contributed by atoms with Crippen LogP contribution < -0.4 is 0 Å². The molecule has 0 bridgehead atoms. The Balaban J connectivity index is 1.75. The second-order valence-electron chi connectivity index (χ2n) is 5.22. The third-order valence-electron chi connectivity index (χ3n) is 3.68. The average Bonchev–Trinajstić information content (AvgIpc) is 3.18. The molecule has 0 radical (unpaired) electrons. The highest BCUT2D eigenvalue weighted by Crippen LogP contribution is 2.31. The lowest BCUT2D eigenvalue weighted by atomic mass is 10.4. The normalized spacial score (nSPS) is 20.1. The van der Waals surface area contributed by atoms with Crippen molar-refractivity contribution in [2.45, 2.75) is 21.6 Å². The van der Waals surface area contributed by atoms with Crippen molar-refractivity contribution in [3.63, 3.8) is 0 Å². The van der Waals surface area contributed by atoms with Gasteiger partial charge in [-0.15, -0.1) is 11.3 Å². The predicted octanol–water partition coefficient (Wildman–Crippen LogP) is 2.48. The Kier molecular flexibility index (Phi) is 4.71. The maximum absolute atomic E-state index is 12.5. The van der Waals surface area contributed by atoms with Gasteiger partial charge in [-0.2, -0.15) is 4.31 Å². The van der Waals surface area contributed by atoms with Crippen LogP contribution in [0.15, 0.2) is 42.9 Å². The molecule has 1 unspecified atom stereocenters. The maximum atomic E-state index is 12.5. The van der Waals surface area contributed by atoms with E-state index in [0.717, 1.165) is 15.1 Å². The van der Waals surface area contributed by atoms with E-state index in [2.05, 4.69) is 15.9 Å². The van der Waals surface area contributed by atoms with Crippen molar-refractivity contribution in [1.82, 2.24) is 4.31 Å². The van der Waals surface area contributed by atoms with Crippen LogP contribution >= 0.6 is 27.3 Å². The summed E-state index contributed by atoms with van der Waals surface area (Å²) in [7, 11) is -7.10. The first-order valence-electron chi connectivity index (χ1n) is 6.78. The molecule has 6 nitrogen and oxygen atoms in total. The molecule has 10 heteroatoms. The summed E-state index contributed by atoms with van der Waals surface area (Å²) in [6, 6.07) is 6.42. The van der Waals surface area contributed by atoms with E-state index in [-0.39, 0.29) is 23.1 Å². The van der Waals surface area contributed by atoms with E-state index < -0.39 is 25.1 Å². The molecule has 0 saturated carbocycles. The van der Waals surface area contributed by atoms with E-state index in [4.69, 9.17) is 4.42 Å². The third kappa shape index (κ3) is 3.55. The number of sulfone groups is 1. The van der Waals surface area contributed by atoms with E-state index in [1.54, 1.807) is 18.2 Å². The van der Waals surface area contributed by atoms with Crippen molar-refractivity contribution in [3.8, 4) is 0 Å². The fraction of sp³-hybridized carbons (Fsp3) is 0.385. The minimum Gasteiger partial charge on any atom is -0.468 e. The molecular formula is C13H14BrNO5S3. The molecule has 3 heterocycles. The van der Waals surface area contributed by atoms with Crippen molar-refractivity contribution in [1.29, 1.82) is 0 Å². The van der Waals surface area contributed by atoms with Crippen LogP contribution in [0.5, 0.6) is 0 Å². The molecule has 23 heavy (non-hydrogen) atoms. The lowest BCUT2D eigenvalue weighted by Gasteiger charge is -2.15. The Morgan fingerprint density at radius 2 is 2.04 bits per heavy atom. The Labute approximate surface area is 147 Å². The summed E-state index contributed by atoms with van der Waals surface area (Å²) >= 11 is 4.36. The van der Waals surface area contributed by atoms with E-state index in [1.165, 1.54) is 16.6 Å². The molecule has 2 aromatic heterocycles. The molecule has 0 amide bonds. The lowest BCUT2D eigenvalue weighted by molar-refractivity contribution is 0.478. The molecule has 0 aromatic carbocycles. The van der Waals surface area contributed by atoms with Crippen molar-refractivity contribution in [3.05, 3.63) is 40.1 Å². The number of halogens is 1. The Morgan fingerprint density at radius 3 is 2.65 bits per heavy atom. The van der Waals surface area contributed by atoms with Gasteiger partial charge in [0.2, 0.25) is 0 Å². The number of sulfonamides is 1. The molecule has 1 atom stereocenters. The van der Waals surface area contributed by atoms with Crippen molar-refractivity contribution < 1.29 is 21.3 Å². The topological polar surface area (TPSA) is 84.7 Å². The van der Waals surface area contributed by atoms with Gasteiger partial charge in [0.1, 0.15) is 15.7 Å². The number of hydrogen-bond acceptors (Lipinski definition) is 6. The number of furan rings is 1. The highest BCUT2D eigenvalue weighted by molar-refractivity contribution is 9.11. The van der Waals surface area contributed by atoms with Crippen LogP contribution in [0.1, 0.15) is 12.2 Å². The molecule has 0 spiro atoms. The van der Waals surface area contributed by atoms with Crippen LogP contribution in [0, 0.1) is 0 Å². The van der Waals surface area contributed by atoms with Gasteiger partial charge in [-0.1, -0.05) is 0 Å². The average molecular weight is 440 g/mol. The Bertz CT molecular complexity index is 886. The van der Waals surface area contributed by atoms with Crippen LogP contribution in [0.4, 0.5) is 0 Å². The molecule has 2 aromatic rings. The third-order valence-corrected chi connectivity index (χ3v) is 9.73. The van der Waals surface area contributed by atoms with Crippen LogP contribution in [-0.4, -0.2) is 39.5 Å². The largest absolute Gasteiger partial charge is 0.468 e. The van der Waals surface area contributed by atoms with Crippen LogP contribution in [0.25, 0.3) is 0 Å². The SMILES string of the molecule is O=S(=O)(Cc1ccco1)C1CCN(S(=O)(=O)c2ccc(Br)s2)C1. The zero-order valence-electron chi connectivity index (χ0n) is 11.9. The van der Waals surface area contributed by atoms with Gasteiger partial charge in [0.25, 0.3) is 10.0 Å². The summed E-state index contributed by atoms with van der Waals surface area (Å²) in [6.45, 7) is 0.195. The first-order chi connectivity index (χ1) is 10.8. The minimum absolute atomic E-state index is 0.0130. The number of nitrogens with zero attached hydrogens (tertiary/aromatic N) is 1. The minimum atomic E-state index is -3.64.